The third-order valence-corrected chi connectivity index (χ3v) is 5.19. The molecule has 1 aliphatic carbocycles. The molecule has 1 aromatic carbocycles. The van der Waals surface area contributed by atoms with E-state index in [9.17, 15) is 18.0 Å². The molecule has 1 saturated carbocycles. The molecule has 0 saturated heterocycles. The minimum atomic E-state index is -4.57. The molecule has 0 unspecified atom stereocenters. The number of rotatable bonds is 5. The van der Waals surface area contributed by atoms with Gasteiger partial charge in [-0.05, 0) is 44.7 Å². The molecule has 0 spiro atoms. The number of aromatic nitrogens is 5. The molecule has 0 bridgehead atoms. The summed E-state index contributed by atoms with van der Waals surface area (Å²) in [6.07, 6.45) is 2.05. The summed E-state index contributed by atoms with van der Waals surface area (Å²) >= 11 is 0. The van der Waals surface area contributed by atoms with Gasteiger partial charge < -0.3 is 10.6 Å². The maximum atomic E-state index is 13.2. The van der Waals surface area contributed by atoms with Crippen LogP contribution in [0.5, 0.6) is 0 Å². The Morgan fingerprint density at radius 3 is 2.45 bits per heavy atom. The first-order valence-electron chi connectivity index (χ1n) is 9.75. The molecule has 1 aliphatic rings. The van der Waals surface area contributed by atoms with Gasteiger partial charge in [0.15, 0.2) is 5.69 Å². The lowest BCUT2D eigenvalue weighted by molar-refractivity contribution is -0.141. The molecule has 0 radical (unpaired) electrons. The van der Waals surface area contributed by atoms with Crippen molar-refractivity contribution >= 4 is 11.7 Å². The zero-order chi connectivity index (χ0) is 22.1. The van der Waals surface area contributed by atoms with E-state index in [2.05, 4.69) is 30.8 Å². The Kier molecular flexibility index (Phi) is 5.34. The zero-order valence-electron chi connectivity index (χ0n) is 16.6. The maximum absolute atomic E-state index is 13.2. The van der Waals surface area contributed by atoms with Crippen LogP contribution in [-0.2, 0) is 6.18 Å². The van der Waals surface area contributed by atoms with Gasteiger partial charge in [0.05, 0.1) is 35.5 Å². The van der Waals surface area contributed by atoms with Gasteiger partial charge in [-0.1, -0.05) is 12.1 Å². The van der Waals surface area contributed by atoms with Gasteiger partial charge in [0, 0.05) is 0 Å². The normalized spacial score (nSPS) is 15.6. The van der Waals surface area contributed by atoms with Crippen molar-refractivity contribution in [1.29, 1.82) is 0 Å². The molecule has 2 heterocycles. The second-order valence-electron chi connectivity index (χ2n) is 7.39. The van der Waals surface area contributed by atoms with Crippen molar-refractivity contribution < 1.29 is 18.0 Å². The van der Waals surface area contributed by atoms with Crippen LogP contribution in [-0.4, -0.2) is 36.5 Å². The number of para-hydroxylation sites is 1. The van der Waals surface area contributed by atoms with Crippen molar-refractivity contribution in [2.75, 3.05) is 5.32 Å². The molecule has 31 heavy (non-hydrogen) atoms. The lowest BCUT2D eigenvalue weighted by atomic mass is 10.1. The highest BCUT2D eigenvalue weighted by Gasteiger charge is 2.38. The van der Waals surface area contributed by atoms with Crippen molar-refractivity contribution in [3.8, 4) is 5.69 Å². The van der Waals surface area contributed by atoms with E-state index in [4.69, 9.17) is 0 Å². The average Bonchev–Trinajstić information content (AvgIpc) is 3.41. The summed E-state index contributed by atoms with van der Waals surface area (Å²) in [5, 5.41) is 14.3. The lowest BCUT2D eigenvalue weighted by Gasteiger charge is -2.32. The number of amides is 1. The Morgan fingerprint density at radius 2 is 1.81 bits per heavy atom. The summed E-state index contributed by atoms with van der Waals surface area (Å²) in [6, 6.07) is 6.91. The predicted molar refractivity (Wildman–Crippen MR) is 105 cm³/mol. The Labute approximate surface area is 175 Å². The van der Waals surface area contributed by atoms with Crippen molar-refractivity contribution in [2.24, 2.45) is 0 Å². The molecule has 2 aromatic heterocycles. The summed E-state index contributed by atoms with van der Waals surface area (Å²) in [5.74, 6) is -0.142. The highest BCUT2D eigenvalue weighted by atomic mass is 19.4. The number of benzene rings is 1. The quantitative estimate of drug-likeness (QED) is 0.600. The first-order chi connectivity index (χ1) is 14.8. The number of carbonyl (C=O) groups excluding carboxylic acids is 1. The Morgan fingerprint density at radius 1 is 1.13 bits per heavy atom. The predicted octanol–water partition coefficient (Wildman–Crippen LogP) is 3.50. The van der Waals surface area contributed by atoms with Gasteiger partial charge in [-0.15, -0.1) is 0 Å². The molecule has 3 aromatic rings. The molecular weight excluding hydrogens is 411 g/mol. The fourth-order valence-corrected chi connectivity index (χ4v) is 3.69. The highest BCUT2D eigenvalue weighted by Crippen LogP contribution is 2.33. The minimum absolute atomic E-state index is 0.108. The average molecular weight is 431 g/mol. The van der Waals surface area contributed by atoms with Crippen molar-refractivity contribution in [3.05, 3.63) is 59.8 Å². The van der Waals surface area contributed by atoms with Crippen LogP contribution < -0.4 is 10.6 Å². The van der Waals surface area contributed by atoms with Crippen LogP contribution in [0, 0.1) is 6.92 Å². The number of carbonyl (C=O) groups is 1. The van der Waals surface area contributed by atoms with Crippen LogP contribution in [0.3, 0.4) is 0 Å². The number of hydrogen-bond acceptors (Lipinski definition) is 6. The van der Waals surface area contributed by atoms with Crippen LogP contribution in [0.2, 0.25) is 0 Å². The number of anilines is 1. The van der Waals surface area contributed by atoms with Crippen LogP contribution in [0.25, 0.3) is 5.69 Å². The van der Waals surface area contributed by atoms with Gasteiger partial charge in [-0.3, -0.25) is 4.79 Å². The van der Waals surface area contributed by atoms with E-state index in [1.54, 1.807) is 24.3 Å². The molecule has 0 atom stereocenters. The van der Waals surface area contributed by atoms with Gasteiger partial charge in [0.1, 0.15) is 11.5 Å². The smallest absolute Gasteiger partial charge is 0.346 e. The molecule has 1 amide bonds. The molecule has 8 nitrogen and oxygen atoms in total. The van der Waals surface area contributed by atoms with E-state index in [0.29, 0.717) is 30.3 Å². The van der Waals surface area contributed by atoms with Gasteiger partial charge in [0.2, 0.25) is 0 Å². The van der Waals surface area contributed by atoms with Crippen molar-refractivity contribution in [3.63, 3.8) is 0 Å². The van der Waals surface area contributed by atoms with E-state index >= 15 is 0 Å². The number of nitrogens with zero attached hydrogens (tertiary/aromatic N) is 5. The first-order valence-corrected chi connectivity index (χ1v) is 9.75. The summed E-state index contributed by atoms with van der Waals surface area (Å²) in [6.45, 7) is 1.45. The third kappa shape index (κ3) is 4.35. The van der Waals surface area contributed by atoms with Crippen LogP contribution in [0.1, 0.15) is 47.4 Å². The molecule has 1 fully saturated rings. The van der Waals surface area contributed by atoms with Crippen LogP contribution in [0.4, 0.5) is 19.0 Å². The SMILES string of the molecule is Cc1nc(C(F)(F)F)cnc1NC1(NC(=O)c2ccccc2-n2nccn2)CCCC1. The van der Waals surface area contributed by atoms with Crippen LogP contribution in [0.15, 0.2) is 42.9 Å². The standard InChI is InChI=1S/C20H20F3N7O/c1-13-17(24-12-16(27-13)20(21,22)23)28-19(8-4-5-9-19)29-18(31)14-6-2-3-7-15(14)30-25-10-11-26-30/h2-3,6-7,10-12H,4-5,8-9H2,1H3,(H,24,28)(H,29,31). The van der Waals surface area contributed by atoms with Gasteiger partial charge >= 0.3 is 6.18 Å². The fourth-order valence-electron chi connectivity index (χ4n) is 3.69. The molecule has 0 aliphatic heterocycles. The first kappa shape index (κ1) is 20.8. The molecule has 4 rings (SSSR count). The Hall–Kier alpha value is -3.50. The van der Waals surface area contributed by atoms with E-state index < -0.39 is 17.5 Å². The number of aryl methyl sites for hydroxylation is 1. The number of hydrogen-bond donors (Lipinski definition) is 2. The number of halogens is 3. The van der Waals surface area contributed by atoms with E-state index in [0.717, 1.165) is 12.8 Å². The van der Waals surface area contributed by atoms with E-state index in [1.807, 2.05) is 0 Å². The molecule has 11 heteroatoms. The monoisotopic (exact) mass is 431 g/mol. The Balaban J connectivity index is 1.60. The lowest BCUT2D eigenvalue weighted by Crippen LogP contribution is -2.53. The van der Waals surface area contributed by atoms with E-state index in [1.165, 1.54) is 24.1 Å². The topological polar surface area (TPSA) is 97.6 Å². The van der Waals surface area contributed by atoms with Crippen LogP contribution >= 0.6 is 0 Å². The van der Waals surface area contributed by atoms with Gasteiger partial charge in [0.25, 0.3) is 5.91 Å². The summed E-state index contributed by atoms with van der Waals surface area (Å²) < 4.78 is 38.7. The number of alkyl halides is 3. The summed E-state index contributed by atoms with van der Waals surface area (Å²) in [7, 11) is 0. The molecule has 162 valence electrons. The van der Waals surface area contributed by atoms with Crippen molar-refractivity contribution in [1.82, 2.24) is 30.3 Å². The zero-order valence-corrected chi connectivity index (χ0v) is 16.6. The second-order valence-corrected chi connectivity index (χ2v) is 7.39. The van der Waals surface area contributed by atoms with E-state index in [-0.39, 0.29) is 17.4 Å². The highest BCUT2D eigenvalue weighted by molar-refractivity contribution is 5.98. The summed E-state index contributed by atoms with van der Waals surface area (Å²) in [5.41, 5.74) is -0.899. The third-order valence-electron chi connectivity index (χ3n) is 5.19. The maximum Gasteiger partial charge on any atom is 0.434 e. The second kappa shape index (κ2) is 7.97. The van der Waals surface area contributed by atoms with Crippen molar-refractivity contribution in [2.45, 2.75) is 44.4 Å². The molecule has 2 N–H and O–H groups in total. The minimum Gasteiger partial charge on any atom is -0.346 e. The fraction of sp³-hybridized carbons (Fsp3) is 0.350. The largest absolute Gasteiger partial charge is 0.434 e. The Bertz CT molecular complexity index is 1080. The van der Waals surface area contributed by atoms with Gasteiger partial charge in [-0.25, -0.2) is 9.97 Å². The number of nitrogens with one attached hydrogen (secondary N) is 2. The summed E-state index contributed by atoms with van der Waals surface area (Å²) in [4.78, 5) is 22.1. The van der Waals surface area contributed by atoms with Gasteiger partial charge in [-0.2, -0.15) is 28.2 Å². The molecular formula is C20H20F3N7O.